The Labute approximate surface area is 125 Å². The van der Waals surface area contributed by atoms with E-state index in [1.165, 1.54) is 5.56 Å². The van der Waals surface area contributed by atoms with Crippen LogP contribution in [0.15, 0.2) is 24.3 Å². The van der Waals surface area contributed by atoms with E-state index in [4.69, 9.17) is 11.6 Å². The van der Waals surface area contributed by atoms with Crippen LogP contribution in [0.3, 0.4) is 0 Å². The lowest BCUT2D eigenvalue weighted by Crippen LogP contribution is -2.30. The largest absolute Gasteiger partial charge is 0.393 e. The lowest BCUT2D eigenvalue weighted by Gasteiger charge is -2.17. The molecule has 4 heteroatoms. The van der Waals surface area contributed by atoms with Gasteiger partial charge in [-0.15, -0.1) is 0 Å². The fourth-order valence-electron chi connectivity index (χ4n) is 2.66. The first kappa shape index (κ1) is 15.3. The van der Waals surface area contributed by atoms with Crippen LogP contribution in [0.25, 0.3) is 0 Å². The lowest BCUT2D eigenvalue weighted by atomic mass is 10.0. The molecule has 3 nitrogen and oxygen atoms in total. The third-order valence-electron chi connectivity index (χ3n) is 4.03. The quantitative estimate of drug-likeness (QED) is 0.907. The number of hydrogen-bond acceptors (Lipinski definition) is 2. The third-order valence-corrected chi connectivity index (χ3v) is 4.28. The van der Waals surface area contributed by atoms with Crippen molar-refractivity contribution in [3.05, 3.63) is 34.9 Å². The molecular weight excluding hydrogens is 274 g/mol. The predicted octanol–water partition coefficient (Wildman–Crippen LogP) is 2.89. The van der Waals surface area contributed by atoms with Gasteiger partial charge in [0.2, 0.25) is 5.91 Å². The summed E-state index contributed by atoms with van der Waals surface area (Å²) in [4.78, 5) is 14.0. The Morgan fingerprint density at radius 3 is 2.75 bits per heavy atom. The number of aryl methyl sites for hydroxylation is 1. The van der Waals surface area contributed by atoms with Gasteiger partial charge in [-0.25, -0.2) is 0 Å². The van der Waals surface area contributed by atoms with Gasteiger partial charge in [-0.3, -0.25) is 4.79 Å². The minimum Gasteiger partial charge on any atom is -0.393 e. The molecule has 1 aromatic carbocycles. The van der Waals surface area contributed by atoms with E-state index in [-0.39, 0.29) is 17.9 Å². The fraction of sp³-hybridized carbons (Fsp3) is 0.562. The first-order chi connectivity index (χ1) is 9.56. The van der Waals surface area contributed by atoms with Crippen molar-refractivity contribution in [2.75, 3.05) is 13.1 Å². The molecule has 0 bridgehead atoms. The molecule has 1 amide bonds. The summed E-state index contributed by atoms with van der Waals surface area (Å²) in [6.07, 6.45) is 2.93. The molecule has 2 atom stereocenters. The summed E-state index contributed by atoms with van der Waals surface area (Å²) in [5.74, 6) is 0.456. The van der Waals surface area contributed by atoms with Crippen LogP contribution in [0, 0.1) is 5.92 Å². The molecule has 0 aromatic heterocycles. The van der Waals surface area contributed by atoms with Crippen molar-refractivity contribution in [3.63, 3.8) is 0 Å². The molecule has 1 fully saturated rings. The molecule has 1 aliphatic rings. The molecule has 0 aliphatic carbocycles. The molecule has 1 N–H and O–H groups in total. The van der Waals surface area contributed by atoms with Gasteiger partial charge in [-0.1, -0.05) is 23.7 Å². The Morgan fingerprint density at radius 1 is 1.45 bits per heavy atom. The SMILES string of the molecule is CC(O)C1CCN(C(=O)CCCc2ccc(Cl)cc2)C1. The average Bonchev–Trinajstić information content (AvgIpc) is 2.91. The van der Waals surface area contributed by atoms with E-state index in [0.29, 0.717) is 13.0 Å². The average molecular weight is 296 g/mol. The second kappa shape index (κ2) is 7.09. The number of carbonyl (C=O) groups excluding carboxylic acids is 1. The van der Waals surface area contributed by atoms with Crippen molar-refractivity contribution in [1.82, 2.24) is 4.90 Å². The highest BCUT2D eigenvalue weighted by molar-refractivity contribution is 6.30. The van der Waals surface area contributed by atoms with Gasteiger partial charge in [0, 0.05) is 30.5 Å². The van der Waals surface area contributed by atoms with Gasteiger partial charge in [0.1, 0.15) is 0 Å². The maximum absolute atomic E-state index is 12.1. The monoisotopic (exact) mass is 295 g/mol. The van der Waals surface area contributed by atoms with Gasteiger partial charge in [0.15, 0.2) is 0 Å². The van der Waals surface area contributed by atoms with E-state index in [1.807, 2.05) is 29.2 Å². The molecule has 0 saturated carbocycles. The maximum atomic E-state index is 12.1. The summed E-state index contributed by atoms with van der Waals surface area (Å²) in [5, 5.41) is 10.3. The summed E-state index contributed by atoms with van der Waals surface area (Å²) in [5.41, 5.74) is 1.21. The molecule has 20 heavy (non-hydrogen) atoms. The van der Waals surface area contributed by atoms with Crippen molar-refractivity contribution in [2.24, 2.45) is 5.92 Å². The number of hydrogen-bond donors (Lipinski definition) is 1. The van der Waals surface area contributed by atoms with Gasteiger partial charge >= 0.3 is 0 Å². The molecule has 110 valence electrons. The zero-order chi connectivity index (χ0) is 14.5. The molecule has 2 rings (SSSR count). The van der Waals surface area contributed by atoms with E-state index >= 15 is 0 Å². The van der Waals surface area contributed by atoms with Crippen molar-refractivity contribution in [2.45, 2.75) is 38.7 Å². The molecule has 1 aliphatic heterocycles. The second-order valence-corrected chi connectivity index (χ2v) is 6.05. The number of halogens is 1. The van der Waals surface area contributed by atoms with Crippen molar-refractivity contribution >= 4 is 17.5 Å². The van der Waals surface area contributed by atoms with E-state index in [0.717, 1.165) is 30.8 Å². The van der Waals surface area contributed by atoms with Crippen LogP contribution in [0.1, 0.15) is 31.7 Å². The van der Waals surface area contributed by atoms with Crippen LogP contribution in [0.5, 0.6) is 0 Å². The molecule has 1 aromatic rings. The Morgan fingerprint density at radius 2 is 2.15 bits per heavy atom. The topological polar surface area (TPSA) is 40.5 Å². The van der Waals surface area contributed by atoms with Crippen molar-refractivity contribution in [1.29, 1.82) is 0 Å². The Balaban J connectivity index is 1.72. The molecular formula is C16H22ClNO2. The van der Waals surface area contributed by atoms with Gasteiger partial charge in [0.05, 0.1) is 6.10 Å². The van der Waals surface area contributed by atoms with E-state index < -0.39 is 0 Å². The summed E-state index contributed by atoms with van der Waals surface area (Å²) in [6, 6.07) is 7.77. The predicted molar refractivity (Wildman–Crippen MR) is 80.8 cm³/mol. The summed E-state index contributed by atoms with van der Waals surface area (Å²) < 4.78 is 0. The normalized spacial score (nSPS) is 20.1. The fourth-order valence-corrected chi connectivity index (χ4v) is 2.79. The number of rotatable bonds is 5. The van der Waals surface area contributed by atoms with Crippen molar-refractivity contribution in [3.8, 4) is 0 Å². The van der Waals surface area contributed by atoms with Gasteiger partial charge in [-0.2, -0.15) is 0 Å². The Bertz CT molecular complexity index is 444. The number of aliphatic hydroxyl groups is 1. The van der Waals surface area contributed by atoms with E-state index in [1.54, 1.807) is 6.92 Å². The highest BCUT2D eigenvalue weighted by Crippen LogP contribution is 2.21. The number of likely N-dealkylation sites (tertiary alicyclic amines) is 1. The maximum Gasteiger partial charge on any atom is 0.222 e. The third kappa shape index (κ3) is 4.22. The Hall–Kier alpha value is -1.06. The van der Waals surface area contributed by atoms with Crippen LogP contribution in [-0.2, 0) is 11.2 Å². The number of benzene rings is 1. The summed E-state index contributed by atoms with van der Waals surface area (Å²) in [7, 11) is 0. The number of amides is 1. The van der Waals surface area contributed by atoms with Crippen LogP contribution >= 0.6 is 11.6 Å². The minimum atomic E-state index is -0.318. The standard InChI is InChI=1S/C16H22ClNO2/c1-12(19)14-9-10-18(11-14)16(20)4-2-3-13-5-7-15(17)8-6-13/h5-8,12,14,19H,2-4,9-11H2,1H3. The smallest absolute Gasteiger partial charge is 0.222 e. The van der Waals surface area contributed by atoms with Crippen LogP contribution in [-0.4, -0.2) is 35.1 Å². The molecule has 1 saturated heterocycles. The second-order valence-electron chi connectivity index (χ2n) is 5.61. The first-order valence-electron chi connectivity index (χ1n) is 7.26. The minimum absolute atomic E-state index is 0.210. The number of nitrogens with zero attached hydrogens (tertiary/aromatic N) is 1. The van der Waals surface area contributed by atoms with Crippen LogP contribution in [0.4, 0.5) is 0 Å². The summed E-state index contributed by atoms with van der Waals surface area (Å²) in [6.45, 7) is 3.30. The van der Waals surface area contributed by atoms with E-state index in [2.05, 4.69) is 0 Å². The lowest BCUT2D eigenvalue weighted by molar-refractivity contribution is -0.130. The van der Waals surface area contributed by atoms with Crippen LogP contribution in [0.2, 0.25) is 5.02 Å². The zero-order valence-corrected chi connectivity index (χ0v) is 12.6. The highest BCUT2D eigenvalue weighted by atomic mass is 35.5. The van der Waals surface area contributed by atoms with E-state index in [9.17, 15) is 9.90 Å². The van der Waals surface area contributed by atoms with Crippen molar-refractivity contribution < 1.29 is 9.90 Å². The molecule has 0 radical (unpaired) electrons. The first-order valence-corrected chi connectivity index (χ1v) is 7.64. The number of aliphatic hydroxyl groups excluding tert-OH is 1. The van der Waals surface area contributed by atoms with Gasteiger partial charge < -0.3 is 10.0 Å². The number of carbonyl (C=O) groups is 1. The van der Waals surface area contributed by atoms with Gasteiger partial charge in [-0.05, 0) is 43.9 Å². The zero-order valence-electron chi connectivity index (χ0n) is 11.9. The Kier molecular flexibility index (Phi) is 5.44. The van der Waals surface area contributed by atoms with Crippen LogP contribution < -0.4 is 0 Å². The highest BCUT2D eigenvalue weighted by Gasteiger charge is 2.28. The molecule has 0 spiro atoms. The molecule has 1 heterocycles. The van der Waals surface area contributed by atoms with Gasteiger partial charge in [0.25, 0.3) is 0 Å². The molecule has 2 unspecified atom stereocenters. The summed E-state index contributed by atoms with van der Waals surface area (Å²) >= 11 is 5.84.